The van der Waals surface area contributed by atoms with Crippen molar-refractivity contribution in [2.45, 2.75) is 263 Å². The number of hydrogen-bond donors (Lipinski definition) is 8. The number of rotatable bonds is 35. The molecule has 2 spiro atoms. The normalized spacial score (nSPS) is 38.5. The molecule has 10 fully saturated rings. The number of hydrogen-bond acceptors (Lipinski definition) is 33. The van der Waals surface area contributed by atoms with Gasteiger partial charge < -0.3 is 79.9 Å². The maximum absolute atomic E-state index is 13.3. The van der Waals surface area contributed by atoms with Crippen LogP contribution in [0.4, 0.5) is 0 Å². The minimum atomic E-state index is -5.42. The van der Waals surface area contributed by atoms with Gasteiger partial charge in [-0.15, -0.1) is 8.67 Å². The summed E-state index contributed by atoms with van der Waals surface area (Å²) in [6.45, 7) is 23.9. The Kier molecular flexibility index (Phi) is 30.7. The van der Waals surface area contributed by atoms with Gasteiger partial charge in [-0.2, -0.15) is 16.8 Å². The third-order valence-corrected chi connectivity index (χ3v) is 26.6. The average Bonchev–Trinajstić information content (AvgIpc) is 1.67. The van der Waals surface area contributed by atoms with E-state index in [1.54, 1.807) is 27.7 Å². The van der Waals surface area contributed by atoms with E-state index < -0.39 is 189 Å². The summed E-state index contributed by atoms with van der Waals surface area (Å²) in [5.41, 5.74) is 4.81. The number of esters is 3. The van der Waals surface area contributed by atoms with Gasteiger partial charge in [0.1, 0.15) is 43.7 Å². The second-order valence-corrected chi connectivity index (χ2v) is 35.4. The van der Waals surface area contributed by atoms with Crippen molar-refractivity contribution in [1.82, 2.24) is 5.32 Å². The van der Waals surface area contributed by atoms with Crippen LogP contribution < -0.4 is 21.6 Å². The first-order chi connectivity index (χ1) is 51.8. The molecule has 2 saturated heterocycles. The van der Waals surface area contributed by atoms with E-state index in [0.29, 0.717) is 51.4 Å². The highest BCUT2D eigenvalue weighted by atomic mass is 32.3. The second-order valence-electron chi connectivity index (χ2n) is 32.4. The van der Waals surface area contributed by atoms with Crippen molar-refractivity contribution >= 4 is 81.2 Å². The second kappa shape index (κ2) is 37.7. The van der Waals surface area contributed by atoms with Crippen molar-refractivity contribution in [3.05, 3.63) is 36.6 Å². The van der Waals surface area contributed by atoms with Crippen LogP contribution in [-0.4, -0.2) is 188 Å². The number of ether oxygens (including phenoxy) is 8. The van der Waals surface area contributed by atoms with Gasteiger partial charge in [-0.1, -0.05) is 68.2 Å². The van der Waals surface area contributed by atoms with E-state index in [1.165, 1.54) is 0 Å². The van der Waals surface area contributed by atoms with E-state index in [1.807, 2.05) is 13.8 Å². The molecule has 40 heteroatoms. The van der Waals surface area contributed by atoms with Gasteiger partial charge in [0.25, 0.3) is 0 Å². The molecule has 10 rings (SSSR count). The van der Waals surface area contributed by atoms with Crippen LogP contribution in [0.1, 0.15) is 177 Å². The predicted octanol–water partition coefficient (Wildman–Crippen LogP) is 5.00. The fourth-order valence-corrected chi connectivity index (χ4v) is 22.5. The van der Waals surface area contributed by atoms with E-state index in [4.69, 9.17) is 60.4 Å². The summed E-state index contributed by atoms with van der Waals surface area (Å²) in [7, 11) is -10.8. The van der Waals surface area contributed by atoms with Gasteiger partial charge in [0.05, 0.1) is 55.1 Å². The minimum absolute atomic E-state index is 0.00294. The summed E-state index contributed by atoms with van der Waals surface area (Å²) < 4.78 is 146. The lowest BCUT2D eigenvalue weighted by molar-refractivity contribution is -0.778. The predicted molar refractivity (Wildman–Crippen MR) is 374 cm³/mol. The lowest BCUT2D eigenvalue weighted by atomic mass is 9.43. The van der Waals surface area contributed by atoms with Gasteiger partial charge in [-0.25, -0.2) is 8.37 Å². The number of nitrogens with one attached hydrogen (secondary N) is 1. The molecule has 36 nitrogen and oxygen atoms in total. The van der Waals surface area contributed by atoms with Crippen molar-refractivity contribution in [3.8, 4) is 0 Å². The number of aliphatic carboxylic acids is 2. The molecule has 110 heavy (non-hydrogen) atoms. The molecule has 0 radical (unpaired) electrons. The Morgan fingerprint density at radius 3 is 1.47 bits per heavy atom. The van der Waals surface area contributed by atoms with E-state index in [-0.39, 0.29) is 123 Å². The van der Waals surface area contributed by atoms with Gasteiger partial charge in [-0.05, 0) is 166 Å². The maximum Gasteiger partial charge on any atom is 0.397 e. The Labute approximate surface area is 648 Å². The number of carboxylic acids is 2. The highest BCUT2D eigenvalue weighted by molar-refractivity contribution is 7.90. The topological polar surface area (TPSA) is 524 Å². The van der Waals surface area contributed by atoms with Crippen LogP contribution in [-0.2, 0) is 123 Å². The summed E-state index contributed by atoms with van der Waals surface area (Å²) in [6.07, 6.45) is -11.8. The molecule has 16 unspecified atom stereocenters. The lowest BCUT2D eigenvalue weighted by Gasteiger charge is -2.62. The molecule has 1 amide bonds. The van der Waals surface area contributed by atoms with Crippen molar-refractivity contribution in [3.63, 3.8) is 0 Å². The number of allylic oxidation sites excluding steroid dienone is 1. The molecule has 10 aliphatic rings. The largest absolute Gasteiger partial charge is 0.691 e. The number of fused-ring (bicyclic) bond motifs is 6. The Bertz CT molecular complexity index is 3500. The Hall–Kier alpha value is -4.32. The quantitative estimate of drug-likeness (QED) is 0.00353. The van der Waals surface area contributed by atoms with Gasteiger partial charge in [0.15, 0.2) is 55.5 Å². The zero-order valence-electron chi connectivity index (χ0n) is 62.6. The van der Waals surface area contributed by atoms with Crippen LogP contribution in [0.25, 0.3) is 0 Å². The number of carbonyl (C=O) groups is 6. The Balaban J connectivity index is 0.000000254. The Morgan fingerprint density at radius 1 is 0.609 bits per heavy atom. The number of aliphatic hydroxyl groups excluding tert-OH is 2. The van der Waals surface area contributed by atoms with E-state index in [0.717, 1.165) is 49.7 Å². The molecule has 2 heterocycles. The molecule has 8 aliphatic carbocycles. The van der Waals surface area contributed by atoms with Crippen LogP contribution in [0.5, 0.6) is 0 Å². The molecule has 626 valence electrons. The minimum Gasteiger partial charge on any atom is -0.691 e. The van der Waals surface area contributed by atoms with Crippen LogP contribution in [0, 0.1) is 80.8 Å². The number of aliphatic hydroxyl groups is 2. The summed E-state index contributed by atoms with van der Waals surface area (Å²) >= 11 is 0.0880. The van der Waals surface area contributed by atoms with Crippen LogP contribution in [0.3, 0.4) is 0 Å². The summed E-state index contributed by atoms with van der Waals surface area (Å²) in [5.74, 6) is -6.97. The first-order valence-corrected chi connectivity index (χ1v) is 41.3. The highest BCUT2D eigenvalue weighted by Crippen LogP contribution is 2.73. The molecule has 2 aliphatic heterocycles. The third-order valence-electron chi connectivity index (χ3n) is 24.8. The standard InChI is InChI=1S/C35H54N2O18S2.C35H54O16S2/c1-17(2)11-27(40)49-30-29(51-57-55-53-45)28(50-56-54-52-44)23(15-46-26(39)8-7-25(38)37-16-36)48-33(30)47-20-12-21(32(42)43)22-9-10-35-13-19(18(3)31(35)41)5-6-24(35)34(22,4)14-20;1-7-8-19(4)46-17-25-28(50-52(40,41)42)29(51-53(43,44)45)30(49-27(36)13-18(2)3)33(48-25)47-22-14-23(32(38)39)24-11-12-35-15-21(20(5)31(35)37)9-10-26(35)34(24,6)16-22/h17,19-24,28-31,33,41,44-45H,3,5-16,36H2,1-2,4H3,(H,37,38)(H,42,43);18,21-26,28-31,33,37H,4-5,7-17H2,1-3,6H3,(H,38,39)(H,40,41,42)(H,43,44,45)/p-2/t19?,20?,21?,22?,23-,24?,28+,29-,30?,31-,33+,34?,35?;21?,22?,23?,24?,25-,26?,28+,29-,30?,31-,33+,34?,35?/m00/s1. The first kappa shape index (κ1) is 89.6. The molecule has 8 saturated carbocycles. The van der Waals surface area contributed by atoms with Gasteiger partial charge >= 0.3 is 50.6 Å². The number of carboxylic acid groups (broad SMARTS) is 2. The van der Waals surface area contributed by atoms with Crippen LogP contribution in [0.2, 0.25) is 0 Å². The van der Waals surface area contributed by atoms with Gasteiger partial charge in [0.2, 0.25) is 5.91 Å². The molecular weight excluding hydrogens is 1540 g/mol. The number of nitrogens with two attached hydrogens (primary N) is 1. The van der Waals surface area contributed by atoms with E-state index >= 15 is 0 Å². The first-order valence-electron chi connectivity index (χ1n) is 37.3. The monoisotopic (exact) mass is 1650 g/mol. The molecule has 26 atom stereocenters. The molecule has 9 N–H and O–H groups in total. The molecule has 0 aromatic rings. The van der Waals surface area contributed by atoms with Crippen molar-refractivity contribution in [2.75, 3.05) is 19.9 Å². The zero-order chi connectivity index (χ0) is 80.8. The molecule has 0 aromatic carbocycles. The summed E-state index contributed by atoms with van der Waals surface area (Å²) in [4.78, 5) is 77.0. The maximum atomic E-state index is 13.3. The van der Waals surface area contributed by atoms with E-state index in [2.05, 4.69) is 50.7 Å². The van der Waals surface area contributed by atoms with Crippen molar-refractivity contribution in [1.29, 1.82) is 0 Å². The zero-order valence-corrected chi connectivity index (χ0v) is 65.8. The van der Waals surface area contributed by atoms with Crippen LogP contribution in [0.15, 0.2) is 36.6 Å². The number of carbonyl (C=O) groups excluding carboxylic acids is 4. The average molecular weight is 1650 g/mol. The van der Waals surface area contributed by atoms with Crippen LogP contribution >= 0.6 is 24.6 Å². The molecular formula is C70H106N2O34S4-2. The Morgan fingerprint density at radius 2 is 1.05 bits per heavy atom. The smallest absolute Gasteiger partial charge is 0.397 e. The van der Waals surface area contributed by atoms with Gasteiger partial charge in [0, 0.05) is 36.5 Å². The fourth-order valence-electron chi connectivity index (χ4n) is 20.7. The van der Waals surface area contributed by atoms with Gasteiger partial charge in [-0.3, -0.25) is 56.3 Å². The summed E-state index contributed by atoms with van der Waals surface area (Å²) in [5, 5.41) is 74.9. The lowest BCUT2D eigenvalue weighted by Crippen LogP contribution is -2.64. The third kappa shape index (κ3) is 20.5. The SMILES string of the molecule is C=C(CCC)OC[C@@H]1O[C@@H](OC2CC(C(=O)O)C3CCC45CC(CCC4C3(C)C2)C(=C)[C@@H]5O)C(OC(=O)CC(C)C)[C@@H](OS(=O)(=O)O)[C@@H]1OS(=O)(=O)O.C=C1C2CCC3C4(C)CC(O[C@@H]5O[C@@H](COC(=O)CCC(=O)NCN)[C@@H](OSOO[O-])[C@H](OSOO[O-])C5OC(=O)CC(C)C)CC(C(=O)O)C4CCC3(C2)[C@H]1O. The highest BCUT2D eigenvalue weighted by Gasteiger charge is 2.70. The summed E-state index contributed by atoms with van der Waals surface area (Å²) in [6, 6.07) is 0. The van der Waals surface area contributed by atoms with Crippen molar-refractivity contribution in [2.24, 2.45) is 86.6 Å². The number of amides is 1. The molecule has 0 aromatic heterocycles. The molecule has 4 bridgehead atoms. The van der Waals surface area contributed by atoms with Crippen molar-refractivity contribution < 1.29 is 159 Å². The fraction of sp³-hybridized carbons (Fsp3) is 0.829. The van der Waals surface area contributed by atoms with E-state index in [9.17, 15) is 85.6 Å².